The molecule has 21 heteroatoms. The predicted molar refractivity (Wildman–Crippen MR) is 420 cm³/mol. The number of urea groups is 1. The number of unbranched alkanes of at least 4 members (excludes halogenated alkanes) is 4. The molecule has 4 amide bonds. The molecule has 4 rings (SSSR count). The van der Waals surface area contributed by atoms with Gasteiger partial charge in [-0.15, -0.1) is 0 Å². The topological polar surface area (TPSA) is 296 Å². The Bertz CT molecular complexity index is 3210. The normalized spacial score (nSPS) is 24.1. The number of esters is 3. The molecule has 3 saturated heterocycles. The molecule has 0 spiro atoms. The molecule has 3 fully saturated rings. The molecule has 4 aliphatic heterocycles. The molecular weight excluding hydrogens is 1350 g/mol. The van der Waals surface area contributed by atoms with Crippen LogP contribution >= 0.6 is 11.8 Å². The lowest BCUT2D eigenvalue weighted by molar-refractivity contribution is -0.490. The van der Waals surface area contributed by atoms with Crippen LogP contribution in [-0.2, 0) is 47.8 Å². The first-order valence-corrected chi connectivity index (χ1v) is 39.5. The van der Waals surface area contributed by atoms with E-state index in [1.54, 1.807) is 26.8 Å². The summed E-state index contributed by atoms with van der Waals surface area (Å²) in [6, 6.07) is 0.387. The fourth-order valence-electron chi connectivity index (χ4n) is 13.8. The van der Waals surface area contributed by atoms with E-state index in [-0.39, 0.29) is 119 Å². The Kier molecular flexibility index (Phi) is 42.8. The van der Waals surface area contributed by atoms with Gasteiger partial charge in [0, 0.05) is 95.1 Å². The second kappa shape index (κ2) is 48.9. The van der Waals surface area contributed by atoms with E-state index >= 15 is 0 Å². The van der Waals surface area contributed by atoms with E-state index in [9.17, 15) is 58.7 Å². The number of nitro groups is 1. The number of methoxy groups -OCH3 is 1. The number of carbonyl (C=O) groups is 8. The van der Waals surface area contributed by atoms with E-state index in [2.05, 4.69) is 84.1 Å². The molecule has 6 N–H and O–H groups in total. The van der Waals surface area contributed by atoms with Crippen molar-refractivity contribution in [1.29, 1.82) is 0 Å². The van der Waals surface area contributed by atoms with Crippen LogP contribution < -0.4 is 21.3 Å². The van der Waals surface area contributed by atoms with E-state index in [0.29, 0.717) is 43.5 Å². The molecule has 20 nitrogen and oxygen atoms in total. The summed E-state index contributed by atoms with van der Waals surface area (Å²) in [4.78, 5) is 108. The second-order valence-corrected chi connectivity index (χ2v) is 31.4. The van der Waals surface area contributed by atoms with Crippen LogP contribution in [0, 0.1) is 75.2 Å². The number of amides is 4. The van der Waals surface area contributed by atoms with Crippen LogP contribution in [0.15, 0.2) is 131 Å². The minimum Gasteiger partial charge on any atom is -0.466 e. The highest BCUT2D eigenvalue weighted by atomic mass is 32.2. The fourth-order valence-corrected chi connectivity index (χ4v) is 15.3. The summed E-state index contributed by atoms with van der Waals surface area (Å²) < 4.78 is 15.6. The summed E-state index contributed by atoms with van der Waals surface area (Å²) >= 11 is 1.90. The van der Waals surface area contributed by atoms with Gasteiger partial charge in [-0.2, -0.15) is 11.8 Å². The Morgan fingerprint density at radius 1 is 0.695 bits per heavy atom. The SMILES string of the molecule is CCC(=C/[C@H](C)C/C=C/C(C)=C/[C@@H](C)C(=O)[C@@H](C)[C@H](O)[C@@H](C)C/C(C)=C/C(=O)NCCCCCCNC(=O)CCCC[C@H]1SC[C@@H]2NC(=O)N[C@@H]21)/C=C/[C@@H]1OC(=O)C=C[C@@H]1C.CCC(=C/[C@H](C)C/C=C/C(C)=C/[C@@H](C)C(=O)[C@@H](C)[C@H](O)[C@@H](C)C/C(C)=C/C(=O)OC)/C=C/[C@@H]1OC(=O)CC(C[N+](=O)[O-])[C@@H]1C. The Balaban J connectivity index is 0.000000576. The molecule has 0 saturated carbocycles. The number of hydrogen-bond acceptors (Lipinski definition) is 16. The quantitative estimate of drug-likeness (QED) is 0.00483. The standard InChI is InChI=1S/C49H76N4O7S.C35H53NO8/c1-9-39(22-23-41-35(5)21-24-45(56)60-41)29-33(3)18-16-17-32(2)27-36(6)47(57)38(8)48(58)37(7)28-34(4)30-44(55)51-26-15-11-10-14-25-50-43(54)20-13-12-19-42-46-40(31-61-42)52-49(59)53-46;1-10-29(14-15-31-27(7)30(21-36(41)42)20-33(38)44-31)18-23(3)13-11-12-22(2)16-25(5)34(39)28(8)35(40)26(6)17-24(4)19-32(37)43-9/h16-17,21-24,27,29-30,33,35-38,40-42,46,48,58H,9-15,18-20,25-26,28,31H2,1-8H3,(H,50,54)(H,51,55)(H2,52,53,59);11-12,14-16,18-19,23,25-28,30-31,35,40H,10,13,17,20-21H2,1-9H3/b17-16+,23-22+,32-27+,34-30+,39-29-;12-11+,15-14+,22-16+,24-19+,29-18-/t33-,35+,36-,37+,38-,40+,41+,42-,46+,48-;23-,25-,26+,27+,28-,30?,31+,35-/m11/s1. The number of cyclic esters (lactones) is 2. The van der Waals surface area contributed by atoms with Gasteiger partial charge < -0.3 is 45.7 Å². The van der Waals surface area contributed by atoms with Gasteiger partial charge in [-0.1, -0.05) is 203 Å². The first-order valence-electron chi connectivity index (χ1n) is 38.4. The summed E-state index contributed by atoms with van der Waals surface area (Å²) in [7, 11) is 1.32. The number of thioether (sulfide) groups is 1. The molecule has 1 unspecified atom stereocenters. The number of Topliss-reactive ketones (excluding diaryl/α,β-unsaturated/α-hetero) is 2. The van der Waals surface area contributed by atoms with E-state index in [1.807, 2.05) is 123 Å². The number of nitrogens with one attached hydrogen (secondary N) is 4. The highest BCUT2D eigenvalue weighted by molar-refractivity contribution is 8.00. The fraction of sp³-hybridized carbons (Fsp3) is 0.643. The average molecular weight is 1480 g/mol. The van der Waals surface area contributed by atoms with Gasteiger partial charge in [-0.25, -0.2) is 14.4 Å². The van der Waals surface area contributed by atoms with Crippen molar-refractivity contribution in [3.63, 3.8) is 0 Å². The highest BCUT2D eigenvalue weighted by Crippen LogP contribution is 2.34. The monoisotopic (exact) mass is 1480 g/mol. The Hall–Kier alpha value is -7.23. The van der Waals surface area contributed by atoms with Crippen molar-refractivity contribution in [2.24, 2.45) is 65.1 Å². The third kappa shape index (κ3) is 35.4. The number of fused-ring (bicyclic) bond motifs is 1. The zero-order valence-corrected chi connectivity index (χ0v) is 66.9. The van der Waals surface area contributed by atoms with Crippen molar-refractivity contribution in [1.82, 2.24) is 21.3 Å². The van der Waals surface area contributed by atoms with Crippen LogP contribution in [0.4, 0.5) is 4.79 Å². The summed E-state index contributed by atoms with van der Waals surface area (Å²) in [5, 5.41) is 45.3. The minimum atomic E-state index is -0.833. The molecule has 586 valence electrons. The second-order valence-electron chi connectivity index (χ2n) is 30.1. The van der Waals surface area contributed by atoms with Gasteiger partial charge in [0.2, 0.25) is 18.4 Å². The van der Waals surface area contributed by atoms with E-state index in [1.165, 1.54) is 24.8 Å². The zero-order chi connectivity index (χ0) is 78.5. The largest absolute Gasteiger partial charge is 0.466 e. The van der Waals surface area contributed by atoms with Gasteiger partial charge in [0.05, 0.1) is 37.8 Å². The molecule has 0 bridgehead atoms. The molecule has 4 heterocycles. The average Bonchev–Trinajstić information content (AvgIpc) is 1.77. The van der Waals surface area contributed by atoms with Gasteiger partial charge in [-0.05, 0) is 128 Å². The zero-order valence-electron chi connectivity index (χ0n) is 66.1. The number of carbonyl (C=O) groups excluding carboxylic acids is 8. The van der Waals surface area contributed by atoms with Gasteiger partial charge in [-0.3, -0.25) is 34.1 Å². The molecule has 0 radical (unpaired) electrons. The minimum absolute atomic E-state index is 0.0128. The van der Waals surface area contributed by atoms with E-state index < -0.39 is 42.1 Å². The summed E-state index contributed by atoms with van der Waals surface area (Å²) in [6.45, 7) is 32.0. The van der Waals surface area contributed by atoms with Crippen molar-refractivity contribution in [3.8, 4) is 0 Å². The van der Waals surface area contributed by atoms with Crippen LogP contribution in [0.2, 0.25) is 0 Å². The van der Waals surface area contributed by atoms with Gasteiger partial charge in [0.25, 0.3) is 0 Å². The number of ether oxygens (including phenoxy) is 3. The number of ketones is 2. The van der Waals surface area contributed by atoms with Gasteiger partial charge >= 0.3 is 23.9 Å². The predicted octanol–water partition coefficient (Wildman–Crippen LogP) is 14.8. The smallest absolute Gasteiger partial charge is 0.331 e. The first kappa shape index (κ1) is 92.0. The number of nitrogens with zero attached hydrogens (tertiary/aromatic N) is 1. The number of hydrogen-bond donors (Lipinski definition) is 6. The van der Waals surface area contributed by atoms with Crippen LogP contribution in [0.25, 0.3) is 0 Å². The Morgan fingerprint density at radius 3 is 1.74 bits per heavy atom. The van der Waals surface area contributed by atoms with Crippen LogP contribution in [0.3, 0.4) is 0 Å². The molecule has 0 aromatic carbocycles. The van der Waals surface area contributed by atoms with E-state index in [4.69, 9.17) is 9.47 Å². The van der Waals surface area contributed by atoms with Gasteiger partial charge in [0.1, 0.15) is 23.8 Å². The number of rotatable bonds is 44. The third-order valence-corrected chi connectivity index (χ3v) is 21.8. The number of allylic oxidation sites excluding steroid dienone is 16. The summed E-state index contributed by atoms with van der Waals surface area (Å²) in [5.74, 6) is -2.30. The van der Waals surface area contributed by atoms with Gasteiger partial charge in [0.15, 0.2) is 0 Å². The van der Waals surface area contributed by atoms with Crippen molar-refractivity contribution in [2.45, 2.75) is 249 Å². The van der Waals surface area contributed by atoms with E-state index in [0.717, 1.165) is 104 Å². The summed E-state index contributed by atoms with van der Waals surface area (Å²) in [5.41, 5.74) is 5.88. The molecule has 0 aliphatic carbocycles. The van der Waals surface area contributed by atoms with Crippen molar-refractivity contribution in [3.05, 3.63) is 141 Å². The van der Waals surface area contributed by atoms with Crippen LogP contribution in [0.1, 0.15) is 207 Å². The van der Waals surface area contributed by atoms with Crippen molar-refractivity contribution < 1.29 is 67.7 Å². The maximum Gasteiger partial charge on any atom is 0.331 e. The number of aliphatic hydroxyl groups excluding tert-OH is 2. The maximum atomic E-state index is 13.3. The lowest BCUT2D eigenvalue weighted by Crippen LogP contribution is -2.39. The number of aliphatic hydroxyl groups is 2. The maximum absolute atomic E-state index is 13.3. The van der Waals surface area contributed by atoms with Crippen molar-refractivity contribution in [2.75, 3.05) is 32.5 Å². The summed E-state index contributed by atoms with van der Waals surface area (Å²) in [6.07, 6.45) is 39.7. The van der Waals surface area contributed by atoms with Crippen LogP contribution in [-0.4, -0.2) is 137 Å². The Labute approximate surface area is 632 Å². The third-order valence-electron chi connectivity index (χ3n) is 20.3. The Morgan fingerprint density at radius 2 is 1.22 bits per heavy atom. The lowest BCUT2D eigenvalue weighted by Gasteiger charge is -2.31. The molecule has 0 aromatic heterocycles. The van der Waals surface area contributed by atoms with Crippen molar-refractivity contribution >= 4 is 59.1 Å². The lowest BCUT2D eigenvalue weighted by atomic mass is 9.83. The highest BCUT2D eigenvalue weighted by Gasteiger charge is 2.43. The van der Waals surface area contributed by atoms with Crippen LogP contribution in [0.5, 0.6) is 0 Å². The molecular formula is C84H129N5O15S. The first-order chi connectivity index (χ1) is 49.7. The molecule has 4 aliphatic rings. The molecule has 0 aromatic rings. The molecule has 105 heavy (non-hydrogen) atoms. The molecule has 18 atom stereocenters.